The van der Waals surface area contributed by atoms with Crippen molar-refractivity contribution >= 4 is 23.8 Å². The van der Waals surface area contributed by atoms with Crippen LogP contribution < -0.4 is 20.7 Å². The molecule has 12 heteroatoms. The maximum absolute atomic E-state index is 14.3. The number of carbonyl (C=O) groups is 4. The van der Waals surface area contributed by atoms with Gasteiger partial charge in [-0.2, -0.15) is 0 Å². The van der Waals surface area contributed by atoms with Crippen molar-refractivity contribution in [2.24, 2.45) is 35.5 Å². The van der Waals surface area contributed by atoms with Crippen LogP contribution in [-0.2, 0) is 51.4 Å². The topological polar surface area (TPSA) is 178 Å². The number of carboxylic acid groups (broad SMARTS) is 3. The van der Waals surface area contributed by atoms with E-state index in [4.69, 9.17) is 4.74 Å². The van der Waals surface area contributed by atoms with Crippen LogP contribution in [0.1, 0.15) is 49.8 Å². The van der Waals surface area contributed by atoms with E-state index in [9.17, 15) is 37.2 Å². The highest BCUT2D eigenvalue weighted by Crippen LogP contribution is 2.27. The molecule has 6 unspecified atom stereocenters. The Labute approximate surface area is 331 Å². The first kappa shape index (κ1) is 38.1. The lowest BCUT2D eigenvalue weighted by Gasteiger charge is -2.24. The van der Waals surface area contributed by atoms with Crippen molar-refractivity contribution in [3.63, 3.8) is 0 Å². The van der Waals surface area contributed by atoms with Gasteiger partial charge in [0.15, 0.2) is 0 Å². The van der Waals surface area contributed by atoms with Crippen molar-refractivity contribution < 1.29 is 42.0 Å². The average Bonchev–Trinajstić information content (AvgIpc) is 4.02. The van der Waals surface area contributed by atoms with E-state index in [0.717, 1.165) is 54.9 Å². The number of carbonyl (C=O) groups excluding carboxylic acids is 1. The minimum absolute atomic E-state index is 0.00536. The highest BCUT2D eigenvalue weighted by atomic mass is 16.5. The predicted octanol–water partition coefficient (Wildman–Crippen LogP) is 3.90. The number of rotatable bonds is 20. The van der Waals surface area contributed by atoms with Crippen LogP contribution in [0.5, 0.6) is 5.75 Å². The maximum atomic E-state index is 14.3. The molecule has 6 atom stereocenters. The molecule has 300 valence electrons. The zero-order chi connectivity index (χ0) is 41.2. The Kier molecular flexibility index (Phi) is 13.5. The number of hydrogen-bond acceptors (Lipinski definition) is 8. The first-order chi connectivity index (χ1) is 27.9. The molecule has 6 rings (SSSR count). The Morgan fingerprint density at radius 2 is 1.07 bits per heavy atom. The Hall–Kier alpha value is -4.78. The quantitative estimate of drug-likeness (QED) is 0.0983. The fourth-order valence-electron chi connectivity index (χ4n) is 8.51. The molecule has 6 N–H and O–H groups in total. The second kappa shape index (κ2) is 19.9. The Morgan fingerprint density at radius 1 is 0.643 bits per heavy atom. The molecule has 1 amide bonds. The molecule has 0 bridgehead atoms. The zero-order valence-electron chi connectivity index (χ0n) is 33.8. The molecule has 3 aromatic carbocycles. The fraction of sp³-hybridized carbons (Fsp3) is 0.500. The summed E-state index contributed by atoms with van der Waals surface area (Å²) in [5.41, 5.74) is 3.08. The first-order valence-electron chi connectivity index (χ1n) is 20.9. The van der Waals surface area contributed by atoms with Gasteiger partial charge in [0.05, 0.1) is 33.5 Å². The van der Waals surface area contributed by atoms with Crippen LogP contribution in [0.15, 0.2) is 72.8 Å². The van der Waals surface area contributed by atoms with Crippen LogP contribution in [0.25, 0.3) is 0 Å². The lowest BCUT2D eigenvalue weighted by Crippen LogP contribution is -2.35. The van der Waals surface area contributed by atoms with Gasteiger partial charge in [-0.15, -0.1) is 0 Å². The van der Waals surface area contributed by atoms with E-state index >= 15 is 0 Å². The molecule has 3 fully saturated rings. The van der Waals surface area contributed by atoms with Crippen LogP contribution in [0.3, 0.4) is 0 Å². The van der Waals surface area contributed by atoms with E-state index < -0.39 is 48.1 Å². The van der Waals surface area contributed by atoms with Crippen molar-refractivity contribution in [1.29, 1.82) is 0 Å². The molecule has 0 saturated carbocycles. The van der Waals surface area contributed by atoms with Gasteiger partial charge in [-0.1, -0.05) is 60.7 Å². The number of ether oxygens (including phenoxy) is 1. The summed E-state index contributed by atoms with van der Waals surface area (Å²) in [4.78, 5) is 52.1. The molecule has 0 radical (unpaired) electrons. The number of aliphatic carboxylic acids is 3. The summed E-state index contributed by atoms with van der Waals surface area (Å²) in [6.45, 7) is 1.72. The smallest absolute Gasteiger partial charge is 0.307 e. The standard InChI is InChI=1S/C44H56N4O8/c49-41(24-31-6-1-4-29(18-31)21-38(42(50)51)34-10-13-45-25-34)48(28-33-8-2-5-30(19-33)22-39(43(52)53)35-11-14-46-26-35)16-17-56-37-9-3-7-32(20-37)23-40(44(54)55)36-12-15-47-27-36/h1-9,18-20,34-36,38-40,45-47H,10-17,21-28H2,(H,50,51)(H,52,53)(H,54,55)/i28D2. The van der Waals surface area contributed by atoms with Crippen LogP contribution in [0.2, 0.25) is 0 Å². The Balaban J connectivity index is 1.21. The van der Waals surface area contributed by atoms with Crippen molar-refractivity contribution in [3.8, 4) is 5.75 Å². The SMILES string of the molecule is [2H]C([2H])(c1cccc(CC(C(=O)O)C2CCNC2)c1)N(CCOc1cccc(CC(C(=O)O)C2CCNC2)c1)C(=O)Cc1cccc(CC(C(=O)O)C2CCNC2)c1. The average molecular weight is 771 g/mol. The number of amides is 1. The third kappa shape index (κ3) is 11.4. The number of hydrogen-bond donors (Lipinski definition) is 6. The number of nitrogens with one attached hydrogen (secondary N) is 3. The summed E-state index contributed by atoms with van der Waals surface area (Å²) in [7, 11) is 0. The van der Waals surface area contributed by atoms with Crippen molar-refractivity contribution in [2.75, 3.05) is 52.4 Å². The maximum Gasteiger partial charge on any atom is 0.307 e. The number of nitrogens with zero attached hydrogens (tertiary/aromatic N) is 1. The summed E-state index contributed by atoms with van der Waals surface area (Å²) >= 11 is 0. The summed E-state index contributed by atoms with van der Waals surface area (Å²) in [6.07, 6.45) is 3.05. The summed E-state index contributed by atoms with van der Waals surface area (Å²) in [6, 6.07) is 21.2. The highest BCUT2D eigenvalue weighted by molar-refractivity contribution is 5.79. The van der Waals surface area contributed by atoms with Crippen molar-refractivity contribution in [2.45, 2.75) is 51.4 Å². The molecule has 56 heavy (non-hydrogen) atoms. The van der Waals surface area contributed by atoms with E-state index in [0.29, 0.717) is 49.4 Å². The lowest BCUT2D eigenvalue weighted by atomic mass is 9.86. The van der Waals surface area contributed by atoms with Gasteiger partial charge in [-0.05, 0) is 135 Å². The van der Waals surface area contributed by atoms with Crippen LogP contribution in [0.4, 0.5) is 0 Å². The normalized spacial score (nSPS) is 21.8. The number of carboxylic acids is 3. The molecule has 0 aromatic heterocycles. The molecule has 0 aliphatic carbocycles. The predicted molar refractivity (Wildman–Crippen MR) is 211 cm³/mol. The summed E-state index contributed by atoms with van der Waals surface area (Å²) < 4.78 is 24.9. The monoisotopic (exact) mass is 770 g/mol. The first-order valence-corrected chi connectivity index (χ1v) is 19.9. The molecule has 3 heterocycles. The Morgan fingerprint density at radius 3 is 1.54 bits per heavy atom. The van der Waals surface area contributed by atoms with Gasteiger partial charge < -0.3 is 40.9 Å². The van der Waals surface area contributed by atoms with E-state index in [1.54, 1.807) is 54.6 Å². The second-order valence-electron chi connectivity index (χ2n) is 15.6. The van der Waals surface area contributed by atoms with E-state index in [1.807, 2.05) is 18.2 Å². The van der Waals surface area contributed by atoms with Gasteiger partial charge >= 0.3 is 17.9 Å². The van der Waals surface area contributed by atoms with Gasteiger partial charge in [-0.25, -0.2) is 0 Å². The molecule has 0 spiro atoms. The third-order valence-electron chi connectivity index (χ3n) is 11.6. The van der Waals surface area contributed by atoms with Gasteiger partial charge in [-0.3, -0.25) is 19.2 Å². The molecular formula is C44H56N4O8. The second-order valence-corrected chi connectivity index (χ2v) is 15.6. The van der Waals surface area contributed by atoms with E-state index in [1.165, 1.54) is 0 Å². The summed E-state index contributed by atoms with van der Waals surface area (Å²) in [5.74, 6) is -4.40. The molecule has 3 aromatic rings. The van der Waals surface area contributed by atoms with Gasteiger partial charge in [0.25, 0.3) is 0 Å². The van der Waals surface area contributed by atoms with Crippen LogP contribution in [0, 0.1) is 35.5 Å². The highest BCUT2D eigenvalue weighted by Gasteiger charge is 2.33. The van der Waals surface area contributed by atoms with Gasteiger partial charge in [0.1, 0.15) is 12.4 Å². The zero-order valence-corrected chi connectivity index (χ0v) is 31.8. The van der Waals surface area contributed by atoms with Crippen molar-refractivity contribution in [3.05, 3.63) is 101 Å². The molecule has 3 aliphatic rings. The van der Waals surface area contributed by atoms with E-state index in [-0.39, 0.29) is 49.3 Å². The van der Waals surface area contributed by atoms with Crippen LogP contribution >= 0.6 is 0 Å². The van der Waals surface area contributed by atoms with E-state index in [2.05, 4.69) is 16.0 Å². The minimum atomic E-state index is -2.32. The Bertz CT molecular complexity index is 1890. The molecule has 12 nitrogen and oxygen atoms in total. The minimum Gasteiger partial charge on any atom is -0.492 e. The van der Waals surface area contributed by atoms with Crippen LogP contribution in [-0.4, -0.2) is 96.5 Å². The lowest BCUT2D eigenvalue weighted by molar-refractivity contribution is -0.144. The number of benzene rings is 3. The molecule has 3 aliphatic heterocycles. The van der Waals surface area contributed by atoms with Gasteiger partial charge in [0, 0.05) is 6.50 Å². The third-order valence-corrected chi connectivity index (χ3v) is 11.6. The molecule has 3 saturated heterocycles. The van der Waals surface area contributed by atoms with Gasteiger partial charge in [0.2, 0.25) is 5.91 Å². The largest absolute Gasteiger partial charge is 0.492 e. The molecular weight excluding hydrogens is 713 g/mol. The fourth-order valence-corrected chi connectivity index (χ4v) is 8.51. The van der Waals surface area contributed by atoms with Crippen molar-refractivity contribution in [1.82, 2.24) is 20.9 Å². The summed E-state index contributed by atoms with van der Waals surface area (Å²) in [5, 5.41) is 39.8.